The molecule has 0 fully saturated rings. The van der Waals surface area contributed by atoms with Crippen molar-refractivity contribution < 1.29 is 35.5 Å². The molecule has 1 atom stereocenters. The SMILES string of the molecule is CNC(=O)Nc1ccc2c(c1)C(C)(C)\C(=C/C=C/C=C/C=C/C1N(CCS(=O)(=O)O)c3ccc(NC(=O)NC)cc3C1(C)C)N2CCS(=O)(=O)O. The average molecular weight is 743 g/mol. The summed E-state index contributed by atoms with van der Waals surface area (Å²) in [7, 11) is -5.41. The van der Waals surface area contributed by atoms with Crippen LogP contribution in [0.3, 0.4) is 0 Å². The van der Waals surface area contributed by atoms with Gasteiger partial charge in [-0.05, 0) is 53.6 Å². The first-order chi connectivity index (χ1) is 23.8. The molecule has 2 aromatic rings. The minimum absolute atomic E-state index is 0.0206. The fourth-order valence-electron chi connectivity index (χ4n) is 6.49. The van der Waals surface area contributed by atoms with Crippen LogP contribution in [0, 0.1) is 0 Å². The smallest absolute Gasteiger partial charge is 0.318 e. The quantitative estimate of drug-likeness (QED) is 0.130. The number of rotatable bonds is 12. The predicted octanol–water partition coefficient (Wildman–Crippen LogP) is 4.78. The molecule has 0 saturated heterocycles. The van der Waals surface area contributed by atoms with Gasteiger partial charge in [0.25, 0.3) is 20.2 Å². The molecule has 16 heteroatoms. The molecular formula is C35H46N6O8S2. The maximum atomic E-state index is 11.9. The maximum absolute atomic E-state index is 11.9. The molecule has 4 amide bonds. The maximum Gasteiger partial charge on any atom is 0.318 e. The highest BCUT2D eigenvalue weighted by atomic mass is 32.2. The molecule has 14 nitrogen and oxygen atoms in total. The molecular weight excluding hydrogens is 697 g/mol. The standard InChI is InChI=1S/C35H46N6O8S2/c1-34(2)26-22-24(38-32(42)36-5)14-16-28(26)40(18-20-50(44,45)46)30(34)12-10-8-7-9-11-13-31-35(3,4)27-23-25(39-33(43)37-6)15-17-29(27)41(31)19-21-51(47,48)49/h7-17,22-23,30H,18-21H2,1-6H3,(H2,36,38,42)(H2,37,39,43)(H,44,45,46)(H,47,48,49)/b8-7+,11-9+,12-10+,31-13+. The highest BCUT2D eigenvalue weighted by Crippen LogP contribution is 2.49. The minimum atomic E-state index is -4.23. The lowest BCUT2D eigenvalue weighted by Gasteiger charge is -2.32. The third-order valence-electron chi connectivity index (χ3n) is 9.09. The number of amides is 4. The number of carbonyl (C=O) groups is 2. The summed E-state index contributed by atoms with van der Waals surface area (Å²) in [5.41, 5.74) is 4.23. The molecule has 0 aliphatic carbocycles. The van der Waals surface area contributed by atoms with Gasteiger partial charge in [0.15, 0.2) is 0 Å². The number of fused-ring (bicyclic) bond motifs is 2. The number of allylic oxidation sites excluding steroid dienone is 7. The van der Waals surface area contributed by atoms with Gasteiger partial charge < -0.3 is 31.1 Å². The molecule has 4 rings (SSSR count). The Kier molecular flexibility index (Phi) is 11.8. The molecule has 0 radical (unpaired) electrons. The number of nitrogens with zero attached hydrogens (tertiary/aromatic N) is 2. The van der Waals surface area contributed by atoms with Gasteiger partial charge in [0.2, 0.25) is 0 Å². The van der Waals surface area contributed by atoms with Crippen LogP contribution in [-0.4, -0.2) is 82.7 Å². The third-order valence-corrected chi connectivity index (χ3v) is 10.5. The van der Waals surface area contributed by atoms with Gasteiger partial charge in [-0.2, -0.15) is 16.8 Å². The second-order valence-electron chi connectivity index (χ2n) is 13.3. The van der Waals surface area contributed by atoms with Crippen LogP contribution >= 0.6 is 0 Å². The van der Waals surface area contributed by atoms with E-state index in [9.17, 15) is 35.5 Å². The highest BCUT2D eigenvalue weighted by Gasteiger charge is 2.43. The predicted molar refractivity (Wildman–Crippen MR) is 202 cm³/mol. The number of hydrogen-bond acceptors (Lipinski definition) is 8. The second-order valence-corrected chi connectivity index (χ2v) is 16.4. The van der Waals surface area contributed by atoms with E-state index in [4.69, 9.17) is 0 Å². The Bertz CT molecular complexity index is 2000. The first-order valence-corrected chi connectivity index (χ1v) is 19.4. The lowest BCUT2D eigenvalue weighted by molar-refractivity contribution is 0.253. The molecule has 0 saturated carbocycles. The highest BCUT2D eigenvalue weighted by molar-refractivity contribution is 7.86. The zero-order valence-electron chi connectivity index (χ0n) is 29.5. The Labute approximate surface area is 299 Å². The van der Waals surface area contributed by atoms with Crippen LogP contribution < -0.4 is 31.1 Å². The molecule has 2 aliphatic heterocycles. The van der Waals surface area contributed by atoms with Crippen LogP contribution in [0.25, 0.3) is 0 Å². The van der Waals surface area contributed by atoms with Crippen LogP contribution in [0.15, 0.2) is 84.6 Å². The van der Waals surface area contributed by atoms with E-state index in [0.29, 0.717) is 11.4 Å². The van der Waals surface area contributed by atoms with Crippen LogP contribution in [0.4, 0.5) is 32.3 Å². The van der Waals surface area contributed by atoms with Crippen molar-refractivity contribution in [3.8, 4) is 0 Å². The van der Waals surface area contributed by atoms with E-state index < -0.39 is 42.6 Å². The topological polar surface area (TPSA) is 197 Å². The molecule has 0 spiro atoms. The molecule has 0 aromatic heterocycles. The van der Waals surface area contributed by atoms with Crippen molar-refractivity contribution in [3.05, 3.63) is 95.8 Å². The van der Waals surface area contributed by atoms with Gasteiger partial charge in [0.1, 0.15) is 0 Å². The van der Waals surface area contributed by atoms with Gasteiger partial charge >= 0.3 is 12.1 Å². The molecule has 276 valence electrons. The lowest BCUT2D eigenvalue weighted by Crippen LogP contribution is -2.42. The Balaban J connectivity index is 1.58. The van der Waals surface area contributed by atoms with E-state index >= 15 is 0 Å². The van der Waals surface area contributed by atoms with Crippen molar-refractivity contribution in [1.29, 1.82) is 0 Å². The second kappa shape index (κ2) is 15.3. The van der Waals surface area contributed by atoms with Gasteiger partial charge in [0.05, 0.1) is 17.5 Å². The summed E-state index contributed by atoms with van der Waals surface area (Å²) in [5.74, 6) is -0.924. The van der Waals surface area contributed by atoms with Crippen LogP contribution in [0.2, 0.25) is 0 Å². The molecule has 0 bridgehead atoms. The van der Waals surface area contributed by atoms with Gasteiger partial charge in [-0.1, -0.05) is 64.2 Å². The van der Waals surface area contributed by atoms with Gasteiger partial charge in [-0.3, -0.25) is 9.11 Å². The largest absolute Gasteiger partial charge is 0.363 e. The van der Waals surface area contributed by atoms with E-state index in [1.807, 2.05) is 104 Å². The number of carbonyl (C=O) groups excluding carboxylic acids is 2. The number of nitrogens with one attached hydrogen (secondary N) is 4. The number of urea groups is 2. The van der Waals surface area contributed by atoms with E-state index in [2.05, 4.69) is 21.3 Å². The summed E-state index contributed by atoms with van der Waals surface area (Å²) in [6, 6.07) is 9.81. The normalized spacial score (nSPS) is 18.8. The Morgan fingerprint density at radius 3 is 1.82 bits per heavy atom. The lowest BCUT2D eigenvalue weighted by atomic mass is 9.80. The minimum Gasteiger partial charge on any atom is -0.363 e. The van der Waals surface area contributed by atoms with E-state index in [1.165, 1.54) is 14.1 Å². The molecule has 2 aliphatic rings. The average Bonchev–Trinajstić information content (AvgIpc) is 3.39. The molecule has 2 aromatic carbocycles. The van der Waals surface area contributed by atoms with Crippen molar-refractivity contribution in [1.82, 2.24) is 10.6 Å². The Hall–Kier alpha value is -4.64. The number of anilines is 4. The fraction of sp³-hybridized carbons (Fsp3) is 0.371. The van der Waals surface area contributed by atoms with E-state index in [0.717, 1.165) is 28.2 Å². The molecule has 51 heavy (non-hydrogen) atoms. The van der Waals surface area contributed by atoms with Crippen LogP contribution in [0.1, 0.15) is 38.8 Å². The summed E-state index contributed by atoms with van der Waals surface area (Å²) in [6.45, 7) is 8.12. The van der Waals surface area contributed by atoms with Crippen molar-refractivity contribution in [2.75, 3.05) is 59.1 Å². The Morgan fingerprint density at radius 2 is 1.25 bits per heavy atom. The van der Waals surface area contributed by atoms with Crippen LogP contribution in [-0.2, 0) is 31.1 Å². The first kappa shape index (κ1) is 39.2. The van der Waals surface area contributed by atoms with Crippen molar-refractivity contribution >= 4 is 55.0 Å². The van der Waals surface area contributed by atoms with Gasteiger partial charge in [-0.15, -0.1) is 0 Å². The number of hydrogen-bond donors (Lipinski definition) is 6. The molecule has 1 unspecified atom stereocenters. The summed E-state index contributed by atoms with van der Waals surface area (Å²) in [4.78, 5) is 27.6. The van der Waals surface area contributed by atoms with E-state index in [1.54, 1.807) is 12.1 Å². The van der Waals surface area contributed by atoms with E-state index in [-0.39, 0.29) is 31.2 Å². The Morgan fingerprint density at radius 1 is 0.745 bits per heavy atom. The summed E-state index contributed by atoms with van der Waals surface area (Å²) in [6.07, 6.45) is 13.0. The van der Waals surface area contributed by atoms with Gasteiger partial charge in [0, 0.05) is 66.5 Å². The van der Waals surface area contributed by atoms with Crippen molar-refractivity contribution in [3.63, 3.8) is 0 Å². The zero-order chi connectivity index (χ0) is 37.8. The third kappa shape index (κ3) is 9.38. The summed E-state index contributed by atoms with van der Waals surface area (Å²) in [5, 5.41) is 10.6. The summed E-state index contributed by atoms with van der Waals surface area (Å²) >= 11 is 0. The summed E-state index contributed by atoms with van der Waals surface area (Å²) < 4.78 is 65.7. The van der Waals surface area contributed by atoms with Gasteiger partial charge in [-0.25, -0.2) is 9.59 Å². The molecule has 2 heterocycles. The monoisotopic (exact) mass is 742 g/mol. The molecule has 6 N–H and O–H groups in total. The fourth-order valence-corrected chi connectivity index (χ4v) is 7.33. The first-order valence-electron chi connectivity index (χ1n) is 16.2. The van der Waals surface area contributed by atoms with Crippen LogP contribution in [0.5, 0.6) is 0 Å². The van der Waals surface area contributed by atoms with Crippen molar-refractivity contribution in [2.24, 2.45) is 0 Å². The zero-order valence-corrected chi connectivity index (χ0v) is 31.1. The number of benzene rings is 2. The van der Waals surface area contributed by atoms with Crippen molar-refractivity contribution in [2.45, 2.75) is 44.6 Å².